The zero-order valence-corrected chi connectivity index (χ0v) is 14.7. The van der Waals surface area contributed by atoms with Crippen LogP contribution < -0.4 is 15.4 Å². The molecule has 3 atom stereocenters. The van der Waals surface area contributed by atoms with Crippen LogP contribution in [0.25, 0.3) is 0 Å². The molecular weight excluding hydrogens is 353 g/mol. The summed E-state index contributed by atoms with van der Waals surface area (Å²) in [5, 5.41) is 9.69. The van der Waals surface area contributed by atoms with Gasteiger partial charge in [0.15, 0.2) is 0 Å². The van der Waals surface area contributed by atoms with Crippen LogP contribution in [0.15, 0.2) is 10.9 Å². The van der Waals surface area contributed by atoms with Crippen LogP contribution in [0.5, 0.6) is 0 Å². The Hall–Kier alpha value is -1.81. The van der Waals surface area contributed by atoms with Gasteiger partial charge < -0.3 is 19.6 Å². The number of aromatic nitrogens is 2. The van der Waals surface area contributed by atoms with E-state index in [1.54, 1.807) is 0 Å². The molecule has 2 aliphatic heterocycles. The molecule has 1 aromatic heterocycles. The van der Waals surface area contributed by atoms with Crippen LogP contribution >= 0.6 is 0 Å². The maximum Gasteiger partial charge on any atom is 0.408 e. The summed E-state index contributed by atoms with van der Waals surface area (Å²) in [4.78, 5) is 19.8. The first-order chi connectivity index (χ1) is 12.2. The monoisotopic (exact) mass is 376 g/mol. The second-order valence-corrected chi connectivity index (χ2v) is 6.87. The summed E-state index contributed by atoms with van der Waals surface area (Å²) >= 11 is 0. The summed E-state index contributed by atoms with van der Waals surface area (Å²) in [6.07, 6.45) is -5.72. The number of aliphatic hydroxyl groups excluding tert-OH is 1. The summed E-state index contributed by atoms with van der Waals surface area (Å²) in [7, 11) is 0. The van der Waals surface area contributed by atoms with E-state index in [9.17, 15) is 23.1 Å². The Morgan fingerprint density at radius 2 is 2.15 bits per heavy atom. The quantitative estimate of drug-likeness (QED) is 0.849. The van der Waals surface area contributed by atoms with Gasteiger partial charge in [-0.15, -0.1) is 0 Å². The predicted octanol–water partition coefficient (Wildman–Crippen LogP) is 0.990. The van der Waals surface area contributed by atoms with Crippen LogP contribution in [0, 0.1) is 0 Å². The number of hydrogen-bond acceptors (Lipinski definition) is 6. The van der Waals surface area contributed by atoms with Crippen LogP contribution in [0.1, 0.15) is 20.3 Å². The standard InChI is InChI=1S/C16H23F3N4O3/c1-10-9-26-6-5-21(10)13-7-14(25)22-4-3-12(16(17,18)19)23(8-11(2)24)15(22)20-13/h7,10-12,24H,3-6,8-9H2,1-2H3/t10-,11+,12+/m1/s1. The van der Waals surface area contributed by atoms with Crippen LogP contribution in [-0.4, -0.2) is 65.3 Å². The molecule has 0 aliphatic carbocycles. The van der Waals surface area contributed by atoms with Crippen molar-refractivity contribution in [1.29, 1.82) is 0 Å². The van der Waals surface area contributed by atoms with E-state index in [1.807, 2.05) is 11.8 Å². The summed E-state index contributed by atoms with van der Waals surface area (Å²) < 4.78 is 47.1. The average Bonchev–Trinajstić information content (AvgIpc) is 2.54. The van der Waals surface area contributed by atoms with Crippen LogP contribution in [0.4, 0.5) is 24.9 Å². The van der Waals surface area contributed by atoms with Gasteiger partial charge in [-0.3, -0.25) is 9.36 Å². The van der Waals surface area contributed by atoms with Gasteiger partial charge in [0.1, 0.15) is 11.9 Å². The van der Waals surface area contributed by atoms with Crippen molar-refractivity contribution in [1.82, 2.24) is 9.55 Å². The Bertz CT molecular complexity index is 707. The van der Waals surface area contributed by atoms with E-state index in [2.05, 4.69) is 4.98 Å². The van der Waals surface area contributed by atoms with Crippen molar-refractivity contribution in [2.24, 2.45) is 0 Å². The molecule has 2 aliphatic rings. The van der Waals surface area contributed by atoms with Crippen molar-refractivity contribution in [3.05, 3.63) is 16.4 Å². The normalized spacial score (nSPS) is 25.2. The van der Waals surface area contributed by atoms with Crippen molar-refractivity contribution in [3.63, 3.8) is 0 Å². The molecule has 0 spiro atoms. The summed E-state index contributed by atoms with van der Waals surface area (Å²) in [6.45, 7) is 4.45. The molecule has 0 bridgehead atoms. The lowest BCUT2D eigenvalue weighted by atomic mass is 10.1. The third-order valence-electron chi connectivity index (χ3n) is 4.73. The van der Waals surface area contributed by atoms with E-state index in [1.165, 1.54) is 17.6 Å². The van der Waals surface area contributed by atoms with Gasteiger partial charge in [0.2, 0.25) is 5.95 Å². The molecule has 1 saturated heterocycles. The first-order valence-corrected chi connectivity index (χ1v) is 8.66. The summed E-state index contributed by atoms with van der Waals surface area (Å²) in [5.41, 5.74) is -0.389. The predicted molar refractivity (Wildman–Crippen MR) is 89.6 cm³/mol. The summed E-state index contributed by atoms with van der Waals surface area (Å²) in [6, 6.07) is -0.452. The van der Waals surface area contributed by atoms with Crippen LogP contribution in [0.3, 0.4) is 0 Å². The molecule has 1 aromatic rings. The number of rotatable bonds is 3. The zero-order valence-electron chi connectivity index (χ0n) is 14.7. The van der Waals surface area contributed by atoms with Crippen molar-refractivity contribution in [3.8, 4) is 0 Å². The van der Waals surface area contributed by atoms with E-state index in [0.717, 1.165) is 4.90 Å². The molecule has 0 saturated carbocycles. The topological polar surface area (TPSA) is 70.8 Å². The van der Waals surface area contributed by atoms with Crippen molar-refractivity contribution in [2.45, 2.75) is 51.2 Å². The lowest BCUT2D eigenvalue weighted by molar-refractivity contribution is -0.153. The molecule has 0 amide bonds. The fourth-order valence-corrected chi connectivity index (χ4v) is 3.51. The third-order valence-corrected chi connectivity index (χ3v) is 4.73. The lowest BCUT2D eigenvalue weighted by Crippen LogP contribution is -2.54. The number of halogens is 3. The lowest BCUT2D eigenvalue weighted by Gasteiger charge is -2.40. The maximum atomic E-state index is 13.5. The second-order valence-electron chi connectivity index (χ2n) is 6.87. The van der Waals surface area contributed by atoms with Crippen molar-refractivity contribution in [2.75, 3.05) is 36.1 Å². The fraction of sp³-hybridized carbons (Fsp3) is 0.750. The number of morpholine rings is 1. The minimum atomic E-state index is -4.47. The molecule has 3 heterocycles. The Morgan fingerprint density at radius 1 is 1.42 bits per heavy atom. The number of anilines is 2. The van der Waals surface area contributed by atoms with E-state index >= 15 is 0 Å². The molecule has 1 N–H and O–H groups in total. The molecule has 146 valence electrons. The first-order valence-electron chi connectivity index (χ1n) is 8.66. The number of alkyl halides is 3. The molecule has 7 nitrogen and oxygen atoms in total. The van der Waals surface area contributed by atoms with E-state index in [4.69, 9.17) is 4.74 Å². The maximum absolute atomic E-state index is 13.5. The Balaban J connectivity index is 2.05. The molecule has 3 rings (SSSR count). The van der Waals surface area contributed by atoms with Gasteiger partial charge in [0.25, 0.3) is 5.56 Å². The minimum absolute atomic E-state index is 0.0362. The highest BCUT2D eigenvalue weighted by atomic mass is 19.4. The number of β-amino-alcohol motifs (C(OH)–C–C–N with tert-alkyl or cyclic N) is 1. The number of fused-ring (bicyclic) bond motifs is 1. The number of nitrogens with zero attached hydrogens (tertiary/aromatic N) is 4. The molecule has 0 aromatic carbocycles. The minimum Gasteiger partial charge on any atom is -0.392 e. The van der Waals surface area contributed by atoms with E-state index < -0.39 is 18.3 Å². The molecule has 0 unspecified atom stereocenters. The smallest absolute Gasteiger partial charge is 0.392 e. The van der Waals surface area contributed by atoms with Gasteiger partial charge in [-0.2, -0.15) is 18.2 Å². The van der Waals surface area contributed by atoms with Gasteiger partial charge in [-0.25, -0.2) is 0 Å². The average molecular weight is 376 g/mol. The zero-order chi connectivity index (χ0) is 19.1. The number of aliphatic hydroxyl groups is 1. The number of hydrogen-bond donors (Lipinski definition) is 1. The fourth-order valence-electron chi connectivity index (χ4n) is 3.51. The van der Waals surface area contributed by atoms with Gasteiger partial charge in [0, 0.05) is 25.7 Å². The SMILES string of the molecule is C[C@H](O)CN1c2nc(N3CCOC[C@H]3C)cc(=O)n2CC[C@H]1C(F)(F)F. The molecule has 26 heavy (non-hydrogen) atoms. The highest BCUT2D eigenvalue weighted by Crippen LogP contribution is 2.34. The highest BCUT2D eigenvalue weighted by Gasteiger charge is 2.47. The number of ether oxygens (including phenoxy) is 1. The molecule has 0 radical (unpaired) electrons. The Kier molecular flexibility index (Phi) is 5.16. The highest BCUT2D eigenvalue weighted by molar-refractivity contribution is 5.47. The molecule has 10 heteroatoms. The largest absolute Gasteiger partial charge is 0.408 e. The third kappa shape index (κ3) is 3.66. The second kappa shape index (κ2) is 7.07. The molecule has 1 fully saturated rings. The van der Waals surface area contributed by atoms with Crippen molar-refractivity contribution >= 4 is 11.8 Å². The molecular formula is C16H23F3N4O3. The van der Waals surface area contributed by atoms with Crippen LogP contribution in [0.2, 0.25) is 0 Å². The van der Waals surface area contributed by atoms with Gasteiger partial charge in [0.05, 0.1) is 25.4 Å². The van der Waals surface area contributed by atoms with E-state index in [-0.39, 0.29) is 37.1 Å². The first kappa shape index (κ1) is 19.0. The van der Waals surface area contributed by atoms with Gasteiger partial charge >= 0.3 is 6.18 Å². The van der Waals surface area contributed by atoms with E-state index in [0.29, 0.717) is 25.6 Å². The van der Waals surface area contributed by atoms with Gasteiger partial charge in [-0.1, -0.05) is 0 Å². The van der Waals surface area contributed by atoms with Crippen LogP contribution in [-0.2, 0) is 11.3 Å². The van der Waals surface area contributed by atoms with Crippen molar-refractivity contribution < 1.29 is 23.0 Å². The Labute approximate surface area is 149 Å². The van der Waals surface area contributed by atoms with Gasteiger partial charge in [-0.05, 0) is 20.3 Å². The summed E-state index contributed by atoms with van der Waals surface area (Å²) in [5.74, 6) is 0.302. The Morgan fingerprint density at radius 3 is 2.77 bits per heavy atom.